The zero-order chi connectivity index (χ0) is 29.5. The molecule has 1 aliphatic heterocycles. The molecule has 5 aromatic rings. The van der Waals surface area contributed by atoms with Gasteiger partial charge >= 0.3 is 5.91 Å². The Morgan fingerprint density at radius 2 is 1.79 bits per heavy atom. The van der Waals surface area contributed by atoms with Crippen LogP contribution in [0.4, 0.5) is 9.52 Å². The molecule has 1 fully saturated rings. The second-order valence-corrected chi connectivity index (χ2v) is 12.6. The van der Waals surface area contributed by atoms with Crippen molar-refractivity contribution in [3.05, 3.63) is 123 Å². The van der Waals surface area contributed by atoms with Crippen molar-refractivity contribution < 1.29 is 19.1 Å². The zero-order valence-corrected chi connectivity index (χ0v) is 25.0. The highest BCUT2D eigenvalue weighted by molar-refractivity contribution is 8.00. The molecule has 210 valence electrons. The molecule has 0 radical (unpaired) electrons. The molecule has 0 aliphatic carbocycles. The molecule has 0 bridgehead atoms. The fourth-order valence-corrected chi connectivity index (χ4v) is 7.02. The first-order valence-corrected chi connectivity index (χ1v) is 15.2. The molecule has 1 aromatic heterocycles. The van der Waals surface area contributed by atoms with Gasteiger partial charge in [-0.1, -0.05) is 107 Å². The van der Waals surface area contributed by atoms with Crippen LogP contribution in [0.5, 0.6) is 0 Å². The number of amides is 1. The third kappa shape index (κ3) is 5.18. The summed E-state index contributed by atoms with van der Waals surface area (Å²) in [5, 5.41) is 22.7. The van der Waals surface area contributed by atoms with E-state index in [-0.39, 0.29) is 26.3 Å². The summed E-state index contributed by atoms with van der Waals surface area (Å²) >= 11 is 15.1. The number of thioether (sulfide) groups is 1. The van der Waals surface area contributed by atoms with E-state index in [1.807, 2.05) is 24.3 Å². The van der Waals surface area contributed by atoms with Gasteiger partial charge < -0.3 is 5.11 Å². The summed E-state index contributed by atoms with van der Waals surface area (Å²) in [5.74, 6) is -2.30. The van der Waals surface area contributed by atoms with Crippen LogP contribution in [0.3, 0.4) is 0 Å². The van der Waals surface area contributed by atoms with Gasteiger partial charge in [-0.15, -0.1) is 10.2 Å². The third-order valence-electron chi connectivity index (χ3n) is 6.98. The topological polar surface area (TPSA) is 83.4 Å². The van der Waals surface area contributed by atoms with Crippen molar-refractivity contribution >= 4 is 79.7 Å². The Kier molecular flexibility index (Phi) is 7.76. The van der Waals surface area contributed by atoms with E-state index in [0.29, 0.717) is 21.2 Å². The summed E-state index contributed by atoms with van der Waals surface area (Å²) in [6.45, 7) is 1.58. The molecule has 0 saturated carbocycles. The van der Waals surface area contributed by atoms with Crippen molar-refractivity contribution in [3.8, 4) is 0 Å². The minimum atomic E-state index is -1.10. The highest BCUT2D eigenvalue weighted by Crippen LogP contribution is 2.45. The fraction of sp³-hybridized carbons (Fsp3) is 0.0968. The van der Waals surface area contributed by atoms with E-state index in [1.165, 1.54) is 40.9 Å². The minimum Gasteiger partial charge on any atom is -0.507 e. The van der Waals surface area contributed by atoms with Gasteiger partial charge in [-0.2, -0.15) is 0 Å². The van der Waals surface area contributed by atoms with Gasteiger partial charge in [0.25, 0.3) is 5.78 Å². The first-order chi connectivity index (χ1) is 20.2. The number of benzene rings is 4. The Hall–Kier alpha value is -3.76. The van der Waals surface area contributed by atoms with Gasteiger partial charge in [-0.3, -0.25) is 14.5 Å². The van der Waals surface area contributed by atoms with Crippen molar-refractivity contribution in [1.82, 2.24) is 10.2 Å². The molecule has 1 atom stereocenters. The summed E-state index contributed by atoms with van der Waals surface area (Å²) in [4.78, 5) is 28.1. The molecular weight excluding hydrogens is 616 g/mol. The van der Waals surface area contributed by atoms with Gasteiger partial charge in [-0.05, 0) is 52.6 Å². The molecule has 1 unspecified atom stereocenters. The molecule has 4 aromatic carbocycles. The normalized spacial score (nSPS) is 16.5. The lowest BCUT2D eigenvalue weighted by Crippen LogP contribution is -2.29. The number of aryl methyl sites for hydroxylation is 1. The number of carbonyl (C=O) groups excluding carboxylic acids is 2. The first-order valence-electron chi connectivity index (χ1n) is 12.7. The number of aliphatic hydroxyl groups excluding tert-OH is 1. The lowest BCUT2D eigenvalue weighted by molar-refractivity contribution is -0.132. The second-order valence-electron chi connectivity index (χ2n) is 9.58. The van der Waals surface area contributed by atoms with Gasteiger partial charge in [0.2, 0.25) is 5.13 Å². The van der Waals surface area contributed by atoms with Crippen molar-refractivity contribution in [1.29, 1.82) is 0 Å². The number of fused-ring (bicyclic) bond motifs is 1. The molecule has 1 aliphatic rings. The van der Waals surface area contributed by atoms with Crippen LogP contribution in [-0.2, 0) is 15.3 Å². The van der Waals surface area contributed by atoms with Gasteiger partial charge in [0, 0.05) is 11.3 Å². The molecule has 42 heavy (non-hydrogen) atoms. The summed E-state index contributed by atoms with van der Waals surface area (Å²) < 4.78 is 15.0. The number of nitrogens with zero attached hydrogens (tertiary/aromatic N) is 3. The van der Waals surface area contributed by atoms with E-state index in [0.717, 1.165) is 33.7 Å². The van der Waals surface area contributed by atoms with Crippen LogP contribution in [0.2, 0.25) is 10.0 Å². The number of anilines is 1. The van der Waals surface area contributed by atoms with Gasteiger partial charge in [-0.25, -0.2) is 4.39 Å². The number of aromatic nitrogens is 2. The summed E-state index contributed by atoms with van der Waals surface area (Å²) in [6.07, 6.45) is 0. The van der Waals surface area contributed by atoms with Crippen LogP contribution < -0.4 is 4.90 Å². The van der Waals surface area contributed by atoms with E-state index in [4.69, 9.17) is 23.2 Å². The number of rotatable bonds is 6. The number of hydrogen-bond acceptors (Lipinski definition) is 7. The van der Waals surface area contributed by atoms with Gasteiger partial charge in [0.1, 0.15) is 11.6 Å². The smallest absolute Gasteiger partial charge is 0.301 e. The van der Waals surface area contributed by atoms with Crippen LogP contribution in [-0.4, -0.2) is 27.0 Å². The second kappa shape index (κ2) is 11.5. The average molecular weight is 637 g/mol. The molecule has 0 spiro atoms. The number of carbonyl (C=O) groups is 2. The Bertz CT molecular complexity index is 1920. The standard InChI is InChI=1S/C31H20Cl2FN3O3S2/c1-16-9-10-19(14-24(16)34)27(38)25-26(18-11-12-22(32)23(33)13-18)37(29(40)28(25)39)30-35-36-31(42-30)41-15-20-7-4-6-17-5-2-3-8-21(17)20/h2-14,26,38H,15H2,1H3/b27-25+. The minimum absolute atomic E-state index is 0.0600. The van der Waals surface area contributed by atoms with Crippen molar-refractivity contribution in [2.45, 2.75) is 23.1 Å². The fourth-order valence-electron chi connectivity index (χ4n) is 4.84. The highest BCUT2D eigenvalue weighted by atomic mass is 35.5. The number of aliphatic hydroxyl groups is 1. The zero-order valence-electron chi connectivity index (χ0n) is 21.8. The SMILES string of the molecule is Cc1ccc(/C(O)=C2\C(=O)C(=O)N(c3nnc(SCc4cccc5ccccc45)s3)C2c2ccc(Cl)c(Cl)c2)cc1F. The number of halogens is 3. The van der Waals surface area contributed by atoms with Gasteiger partial charge in [0.15, 0.2) is 4.34 Å². The predicted octanol–water partition coefficient (Wildman–Crippen LogP) is 8.36. The van der Waals surface area contributed by atoms with Crippen LogP contribution in [0.25, 0.3) is 16.5 Å². The van der Waals surface area contributed by atoms with Crippen LogP contribution in [0, 0.1) is 12.7 Å². The Balaban J connectivity index is 1.39. The van der Waals surface area contributed by atoms with E-state index in [1.54, 1.807) is 13.0 Å². The van der Waals surface area contributed by atoms with Crippen LogP contribution in [0.15, 0.2) is 88.8 Å². The maximum Gasteiger partial charge on any atom is 0.301 e. The summed E-state index contributed by atoms with van der Waals surface area (Å²) in [6, 6.07) is 21.9. The largest absolute Gasteiger partial charge is 0.507 e. The maximum absolute atomic E-state index is 14.4. The third-order valence-corrected chi connectivity index (χ3v) is 9.83. The lowest BCUT2D eigenvalue weighted by Gasteiger charge is -2.23. The van der Waals surface area contributed by atoms with Crippen molar-refractivity contribution in [2.75, 3.05) is 4.90 Å². The quantitative estimate of drug-likeness (QED) is 0.0663. The number of hydrogen-bond donors (Lipinski definition) is 1. The van der Waals surface area contributed by atoms with E-state index in [9.17, 15) is 19.1 Å². The van der Waals surface area contributed by atoms with Crippen molar-refractivity contribution in [3.63, 3.8) is 0 Å². The van der Waals surface area contributed by atoms with E-state index >= 15 is 0 Å². The Morgan fingerprint density at radius 1 is 1.00 bits per heavy atom. The Morgan fingerprint density at radius 3 is 2.57 bits per heavy atom. The molecule has 11 heteroatoms. The first kappa shape index (κ1) is 28.4. The molecule has 6 rings (SSSR count). The van der Waals surface area contributed by atoms with Crippen LogP contribution >= 0.6 is 46.3 Å². The monoisotopic (exact) mass is 635 g/mol. The predicted molar refractivity (Wildman–Crippen MR) is 166 cm³/mol. The summed E-state index contributed by atoms with van der Waals surface area (Å²) in [5.41, 5.74) is 1.75. The Labute approximate surface area is 258 Å². The van der Waals surface area contributed by atoms with Crippen LogP contribution in [0.1, 0.15) is 28.3 Å². The lowest BCUT2D eigenvalue weighted by atomic mass is 9.95. The van der Waals surface area contributed by atoms with E-state index in [2.05, 4.69) is 28.4 Å². The maximum atomic E-state index is 14.4. The molecule has 6 nitrogen and oxygen atoms in total. The van der Waals surface area contributed by atoms with Crippen molar-refractivity contribution in [2.24, 2.45) is 0 Å². The highest BCUT2D eigenvalue weighted by Gasteiger charge is 2.48. The average Bonchev–Trinajstić information content (AvgIpc) is 3.56. The van der Waals surface area contributed by atoms with E-state index < -0.39 is 29.3 Å². The molecule has 1 amide bonds. The van der Waals surface area contributed by atoms with Gasteiger partial charge in [0.05, 0.1) is 21.7 Å². The molecule has 1 saturated heterocycles. The summed E-state index contributed by atoms with van der Waals surface area (Å²) in [7, 11) is 0. The number of Topliss-reactive ketones (excluding diaryl/α,β-unsaturated/α-hetero) is 1. The molecule has 1 N–H and O–H groups in total. The molecule has 2 heterocycles. The molecular formula is C31H20Cl2FN3O3S2. The number of ketones is 1.